The van der Waals surface area contributed by atoms with E-state index in [0.29, 0.717) is 31.5 Å². The lowest BCUT2D eigenvalue weighted by Gasteiger charge is -2.32. The summed E-state index contributed by atoms with van der Waals surface area (Å²) in [5.74, 6) is -0.520. The number of nitrogens with zero attached hydrogens (tertiary/aromatic N) is 4. The number of halogens is 3. The first-order valence-electron chi connectivity index (χ1n) is 8.42. The molecule has 144 valence electrons. The van der Waals surface area contributed by atoms with Crippen LogP contribution in [0, 0.1) is 0 Å². The van der Waals surface area contributed by atoms with E-state index in [4.69, 9.17) is 0 Å². The minimum atomic E-state index is -4.53. The Morgan fingerprint density at radius 3 is 2.56 bits per heavy atom. The molecule has 0 spiro atoms. The first-order valence-corrected chi connectivity index (χ1v) is 8.42. The molecule has 2 aromatic rings. The van der Waals surface area contributed by atoms with E-state index in [9.17, 15) is 22.8 Å². The second-order valence-corrected chi connectivity index (χ2v) is 6.27. The van der Waals surface area contributed by atoms with Crippen LogP contribution in [-0.4, -0.2) is 50.6 Å². The highest BCUT2D eigenvalue weighted by atomic mass is 19.4. The van der Waals surface area contributed by atoms with E-state index in [1.54, 1.807) is 23.2 Å². The number of nitrogens with one attached hydrogen (secondary N) is 1. The Morgan fingerprint density at radius 2 is 1.96 bits per heavy atom. The molecule has 10 heteroatoms. The molecule has 1 N–H and O–H groups in total. The largest absolute Gasteiger partial charge is 0.435 e. The summed E-state index contributed by atoms with van der Waals surface area (Å²) in [5, 5.41) is 6.29. The van der Waals surface area contributed by atoms with E-state index in [0.717, 1.165) is 16.9 Å². The van der Waals surface area contributed by atoms with Gasteiger partial charge in [-0.15, -0.1) is 0 Å². The summed E-state index contributed by atoms with van der Waals surface area (Å²) in [5.41, 5.74) is -0.553. The zero-order valence-corrected chi connectivity index (χ0v) is 14.3. The number of hydrogen-bond acceptors (Lipinski definition) is 4. The van der Waals surface area contributed by atoms with Gasteiger partial charge < -0.3 is 10.2 Å². The van der Waals surface area contributed by atoms with Crippen molar-refractivity contribution in [3.05, 3.63) is 48.0 Å². The number of aromatic nitrogens is 3. The van der Waals surface area contributed by atoms with Crippen molar-refractivity contribution in [3.63, 3.8) is 0 Å². The summed E-state index contributed by atoms with van der Waals surface area (Å²) in [6.45, 7) is 0.594. The molecule has 1 fully saturated rings. The molecule has 2 amide bonds. The van der Waals surface area contributed by atoms with Gasteiger partial charge in [0, 0.05) is 37.7 Å². The molecular formula is C17H18F3N5O2. The molecule has 1 aliphatic rings. The van der Waals surface area contributed by atoms with Crippen LogP contribution in [0.4, 0.5) is 13.2 Å². The zero-order chi connectivity index (χ0) is 19.4. The van der Waals surface area contributed by atoms with Crippen LogP contribution < -0.4 is 5.32 Å². The van der Waals surface area contributed by atoms with Gasteiger partial charge in [-0.3, -0.25) is 19.3 Å². The Labute approximate surface area is 153 Å². The van der Waals surface area contributed by atoms with Gasteiger partial charge in [-0.05, 0) is 31.0 Å². The molecule has 0 atom stereocenters. The molecule has 27 heavy (non-hydrogen) atoms. The predicted octanol–water partition coefficient (Wildman–Crippen LogP) is 1.72. The molecule has 0 saturated carbocycles. The van der Waals surface area contributed by atoms with Gasteiger partial charge in [0.25, 0.3) is 5.91 Å². The van der Waals surface area contributed by atoms with Crippen molar-refractivity contribution in [1.29, 1.82) is 0 Å². The zero-order valence-electron chi connectivity index (χ0n) is 14.3. The molecule has 3 heterocycles. The van der Waals surface area contributed by atoms with Crippen LogP contribution in [0.2, 0.25) is 0 Å². The van der Waals surface area contributed by atoms with Crippen LogP contribution in [0.1, 0.15) is 28.9 Å². The van der Waals surface area contributed by atoms with Crippen LogP contribution in [-0.2, 0) is 17.5 Å². The van der Waals surface area contributed by atoms with E-state index in [1.165, 1.54) is 6.20 Å². The fraction of sp³-hybridized carbons (Fsp3) is 0.412. The average Bonchev–Trinajstić information content (AvgIpc) is 3.12. The van der Waals surface area contributed by atoms with E-state index < -0.39 is 11.9 Å². The lowest BCUT2D eigenvalue weighted by molar-refractivity contribution is -0.142. The summed E-state index contributed by atoms with van der Waals surface area (Å²) in [7, 11) is 0. The Kier molecular flexibility index (Phi) is 5.43. The Bertz CT molecular complexity index is 798. The molecule has 0 aliphatic carbocycles. The molecule has 1 saturated heterocycles. The van der Waals surface area contributed by atoms with E-state index in [-0.39, 0.29) is 24.4 Å². The minimum Gasteiger partial charge on any atom is -0.349 e. The molecule has 0 aromatic carbocycles. The highest BCUT2D eigenvalue weighted by molar-refractivity contribution is 5.94. The Morgan fingerprint density at radius 1 is 1.22 bits per heavy atom. The maximum absolute atomic E-state index is 12.6. The van der Waals surface area contributed by atoms with Crippen LogP contribution in [0.15, 0.2) is 36.8 Å². The van der Waals surface area contributed by atoms with Gasteiger partial charge in [0.15, 0.2) is 5.69 Å². The van der Waals surface area contributed by atoms with Crippen LogP contribution >= 0.6 is 0 Å². The number of amides is 2. The van der Waals surface area contributed by atoms with E-state index in [2.05, 4.69) is 15.4 Å². The number of hydrogen-bond donors (Lipinski definition) is 1. The normalized spacial score (nSPS) is 15.6. The van der Waals surface area contributed by atoms with Crippen molar-refractivity contribution >= 4 is 11.8 Å². The fourth-order valence-corrected chi connectivity index (χ4v) is 2.88. The lowest BCUT2D eigenvalue weighted by Crippen LogP contribution is -2.47. The molecule has 2 aromatic heterocycles. The molecule has 1 aliphatic heterocycles. The SMILES string of the molecule is O=C(NC1CCN(C(=O)Cn2ccc(C(F)(F)F)n2)CC1)c1cccnc1. The maximum atomic E-state index is 12.6. The second kappa shape index (κ2) is 7.77. The number of piperidine rings is 1. The van der Waals surface area contributed by atoms with Crippen molar-refractivity contribution < 1.29 is 22.8 Å². The molecule has 7 nitrogen and oxygen atoms in total. The fourth-order valence-electron chi connectivity index (χ4n) is 2.88. The van der Waals surface area contributed by atoms with Gasteiger partial charge in [0.05, 0.1) is 5.56 Å². The van der Waals surface area contributed by atoms with Gasteiger partial charge in [-0.2, -0.15) is 18.3 Å². The number of rotatable bonds is 4. The molecule has 0 bridgehead atoms. The standard InChI is InChI=1S/C17H18F3N5O2/c18-17(19,20)14-5-9-25(23-14)11-15(26)24-7-3-13(4-8-24)22-16(27)12-2-1-6-21-10-12/h1-2,5-6,9-10,13H,3-4,7-8,11H2,(H,22,27). The third-order valence-corrected chi connectivity index (χ3v) is 4.33. The molecular weight excluding hydrogens is 363 g/mol. The maximum Gasteiger partial charge on any atom is 0.435 e. The van der Waals surface area contributed by atoms with Crippen LogP contribution in [0.25, 0.3) is 0 Å². The van der Waals surface area contributed by atoms with E-state index in [1.807, 2.05) is 0 Å². The smallest absolute Gasteiger partial charge is 0.349 e. The van der Waals surface area contributed by atoms with Crippen LogP contribution in [0.5, 0.6) is 0 Å². The minimum absolute atomic E-state index is 0.0664. The predicted molar refractivity (Wildman–Crippen MR) is 88.5 cm³/mol. The van der Waals surface area contributed by atoms with Crippen molar-refractivity contribution in [3.8, 4) is 0 Å². The highest BCUT2D eigenvalue weighted by Crippen LogP contribution is 2.27. The summed E-state index contributed by atoms with van der Waals surface area (Å²) >= 11 is 0. The number of pyridine rings is 1. The first kappa shape index (κ1) is 18.9. The van der Waals surface area contributed by atoms with Crippen molar-refractivity contribution in [2.75, 3.05) is 13.1 Å². The summed E-state index contributed by atoms with van der Waals surface area (Å²) in [6.07, 6.45) is 0.821. The summed E-state index contributed by atoms with van der Waals surface area (Å²) in [4.78, 5) is 29.9. The lowest BCUT2D eigenvalue weighted by atomic mass is 10.0. The van der Waals surface area contributed by atoms with Gasteiger partial charge in [-0.25, -0.2) is 0 Å². The number of alkyl halides is 3. The second-order valence-electron chi connectivity index (χ2n) is 6.27. The average molecular weight is 381 g/mol. The topological polar surface area (TPSA) is 80.1 Å². The van der Waals surface area contributed by atoms with Gasteiger partial charge in [-0.1, -0.05) is 0 Å². The first-order chi connectivity index (χ1) is 12.8. The quantitative estimate of drug-likeness (QED) is 0.875. The Hall–Kier alpha value is -2.91. The van der Waals surface area contributed by atoms with Gasteiger partial charge in [0.1, 0.15) is 6.54 Å². The number of likely N-dealkylation sites (tertiary alicyclic amines) is 1. The van der Waals surface area contributed by atoms with Crippen LogP contribution in [0.3, 0.4) is 0 Å². The Balaban J connectivity index is 1.48. The number of carbonyl (C=O) groups is 2. The van der Waals surface area contributed by atoms with Crippen molar-refractivity contribution in [2.24, 2.45) is 0 Å². The third kappa shape index (κ3) is 4.83. The monoisotopic (exact) mass is 381 g/mol. The summed E-state index contributed by atoms with van der Waals surface area (Å²) in [6, 6.07) is 4.12. The summed E-state index contributed by atoms with van der Waals surface area (Å²) < 4.78 is 38.6. The van der Waals surface area contributed by atoms with Gasteiger partial charge >= 0.3 is 6.18 Å². The van der Waals surface area contributed by atoms with Gasteiger partial charge in [0.2, 0.25) is 5.91 Å². The number of carbonyl (C=O) groups excluding carboxylic acids is 2. The third-order valence-electron chi connectivity index (χ3n) is 4.33. The van der Waals surface area contributed by atoms with Crippen molar-refractivity contribution in [2.45, 2.75) is 31.6 Å². The van der Waals surface area contributed by atoms with Crippen molar-refractivity contribution in [1.82, 2.24) is 25.0 Å². The van der Waals surface area contributed by atoms with E-state index >= 15 is 0 Å². The highest BCUT2D eigenvalue weighted by Gasteiger charge is 2.34. The molecule has 3 rings (SSSR count). The molecule has 0 radical (unpaired) electrons. The molecule has 0 unspecified atom stereocenters.